The van der Waals surface area contributed by atoms with Crippen LogP contribution in [0, 0.1) is 0 Å². The molecule has 0 spiro atoms. The van der Waals surface area contributed by atoms with Crippen LogP contribution >= 0.6 is 23.2 Å². The number of hydrogen-bond donors (Lipinski definition) is 1. The summed E-state index contributed by atoms with van der Waals surface area (Å²) in [4.78, 5) is 27.4. The van der Waals surface area contributed by atoms with Crippen LogP contribution in [0.15, 0.2) is 42.7 Å². The molecule has 2 aromatic rings. The van der Waals surface area contributed by atoms with E-state index in [1.165, 1.54) is 6.20 Å². The van der Waals surface area contributed by atoms with Gasteiger partial charge in [0.1, 0.15) is 0 Å². The number of rotatable bonds is 5. The van der Waals surface area contributed by atoms with Crippen LogP contribution in [-0.2, 0) is 9.53 Å². The van der Waals surface area contributed by atoms with E-state index in [1.807, 2.05) is 0 Å². The zero-order chi connectivity index (χ0) is 16.8. The first-order valence-electron chi connectivity index (χ1n) is 6.79. The van der Waals surface area contributed by atoms with Gasteiger partial charge in [0.05, 0.1) is 11.6 Å². The van der Waals surface area contributed by atoms with Crippen molar-refractivity contribution in [1.82, 2.24) is 10.3 Å². The van der Waals surface area contributed by atoms with Crippen LogP contribution in [0.4, 0.5) is 0 Å². The van der Waals surface area contributed by atoms with Crippen LogP contribution in [0.3, 0.4) is 0 Å². The maximum absolute atomic E-state index is 11.9. The van der Waals surface area contributed by atoms with Gasteiger partial charge in [-0.15, -0.1) is 0 Å². The van der Waals surface area contributed by atoms with E-state index in [0.717, 1.165) is 5.56 Å². The number of nitrogens with one attached hydrogen (secondary N) is 1. The SMILES string of the molecule is C[C@H](NC(=O)COC(=O)c1cccnc1)c1ccc(Cl)cc1Cl. The summed E-state index contributed by atoms with van der Waals surface area (Å²) in [5.74, 6) is -1.04. The van der Waals surface area contributed by atoms with Crippen molar-refractivity contribution in [3.8, 4) is 0 Å². The van der Waals surface area contributed by atoms with Gasteiger partial charge in [-0.1, -0.05) is 29.3 Å². The zero-order valence-corrected chi connectivity index (χ0v) is 13.8. The highest BCUT2D eigenvalue weighted by atomic mass is 35.5. The molecule has 120 valence electrons. The van der Waals surface area contributed by atoms with Crippen LogP contribution < -0.4 is 5.32 Å². The summed E-state index contributed by atoms with van der Waals surface area (Å²) in [6, 6.07) is 7.85. The molecular formula is C16H14Cl2N2O3. The molecule has 0 saturated carbocycles. The van der Waals surface area contributed by atoms with E-state index < -0.39 is 11.9 Å². The van der Waals surface area contributed by atoms with Gasteiger partial charge in [-0.25, -0.2) is 4.79 Å². The first-order chi connectivity index (χ1) is 11.0. The van der Waals surface area contributed by atoms with Gasteiger partial charge in [-0.2, -0.15) is 0 Å². The van der Waals surface area contributed by atoms with Gasteiger partial charge in [0, 0.05) is 22.4 Å². The van der Waals surface area contributed by atoms with Gasteiger partial charge < -0.3 is 10.1 Å². The lowest BCUT2D eigenvalue weighted by molar-refractivity contribution is -0.124. The molecule has 5 nitrogen and oxygen atoms in total. The highest BCUT2D eigenvalue weighted by molar-refractivity contribution is 6.35. The molecule has 1 aromatic carbocycles. The van der Waals surface area contributed by atoms with Crippen molar-refractivity contribution >= 4 is 35.1 Å². The fourth-order valence-electron chi connectivity index (χ4n) is 1.91. The van der Waals surface area contributed by atoms with Crippen molar-refractivity contribution in [1.29, 1.82) is 0 Å². The molecule has 2 rings (SSSR count). The Kier molecular flexibility index (Phi) is 5.96. The number of halogens is 2. The molecule has 0 fully saturated rings. The Morgan fingerprint density at radius 2 is 2.09 bits per heavy atom. The van der Waals surface area contributed by atoms with Crippen molar-refractivity contribution in [2.45, 2.75) is 13.0 Å². The van der Waals surface area contributed by atoms with Crippen LogP contribution in [0.25, 0.3) is 0 Å². The number of ether oxygens (including phenoxy) is 1. The van der Waals surface area contributed by atoms with Crippen molar-refractivity contribution in [2.24, 2.45) is 0 Å². The minimum absolute atomic E-state index is 0.286. The first kappa shape index (κ1) is 17.2. The van der Waals surface area contributed by atoms with Gasteiger partial charge in [-0.05, 0) is 36.8 Å². The molecule has 7 heteroatoms. The predicted molar refractivity (Wildman–Crippen MR) is 87.5 cm³/mol. The summed E-state index contributed by atoms with van der Waals surface area (Å²) in [5.41, 5.74) is 1.01. The van der Waals surface area contributed by atoms with Gasteiger partial charge in [0.2, 0.25) is 0 Å². The molecule has 0 aliphatic rings. The van der Waals surface area contributed by atoms with E-state index in [2.05, 4.69) is 10.3 Å². The third-order valence-corrected chi connectivity index (χ3v) is 3.60. The molecule has 0 aliphatic heterocycles. The minimum Gasteiger partial charge on any atom is -0.452 e. The third kappa shape index (κ3) is 4.94. The number of esters is 1. The van der Waals surface area contributed by atoms with Crippen LogP contribution in [0.2, 0.25) is 10.0 Å². The number of carbonyl (C=O) groups excluding carboxylic acids is 2. The van der Waals surface area contributed by atoms with Crippen molar-refractivity contribution in [3.05, 3.63) is 63.9 Å². The second-order valence-corrected chi connectivity index (χ2v) is 5.62. The average Bonchev–Trinajstić information content (AvgIpc) is 2.53. The maximum Gasteiger partial charge on any atom is 0.340 e. The van der Waals surface area contributed by atoms with E-state index in [1.54, 1.807) is 43.5 Å². The summed E-state index contributed by atoms with van der Waals surface area (Å²) in [7, 11) is 0. The molecule has 0 bridgehead atoms. The van der Waals surface area contributed by atoms with E-state index in [0.29, 0.717) is 10.0 Å². The fourth-order valence-corrected chi connectivity index (χ4v) is 2.48. The highest BCUT2D eigenvalue weighted by Crippen LogP contribution is 2.25. The monoisotopic (exact) mass is 352 g/mol. The van der Waals surface area contributed by atoms with Crippen molar-refractivity contribution in [2.75, 3.05) is 6.61 Å². The van der Waals surface area contributed by atoms with Gasteiger partial charge in [0.15, 0.2) is 6.61 Å². The Bertz CT molecular complexity index is 708. The first-order valence-corrected chi connectivity index (χ1v) is 7.54. The Morgan fingerprint density at radius 1 is 1.30 bits per heavy atom. The Balaban J connectivity index is 1.88. The second kappa shape index (κ2) is 7.94. The zero-order valence-electron chi connectivity index (χ0n) is 12.3. The smallest absolute Gasteiger partial charge is 0.340 e. The Hall–Kier alpha value is -2.11. The molecule has 0 saturated heterocycles. The summed E-state index contributed by atoms with van der Waals surface area (Å²) in [5, 5.41) is 3.68. The van der Waals surface area contributed by atoms with Crippen molar-refractivity contribution in [3.63, 3.8) is 0 Å². The maximum atomic E-state index is 11.9. The normalized spacial score (nSPS) is 11.6. The van der Waals surface area contributed by atoms with E-state index >= 15 is 0 Å². The average molecular weight is 353 g/mol. The number of carbonyl (C=O) groups is 2. The molecule has 1 heterocycles. The number of amides is 1. The number of nitrogens with zero attached hydrogens (tertiary/aromatic N) is 1. The quantitative estimate of drug-likeness (QED) is 0.837. The largest absolute Gasteiger partial charge is 0.452 e. The van der Waals surface area contributed by atoms with E-state index in [9.17, 15) is 9.59 Å². The fraction of sp³-hybridized carbons (Fsp3) is 0.188. The molecule has 0 aliphatic carbocycles. The molecular weight excluding hydrogens is 339 g/mol. The Labute approximate surface area is 143 Å². The molecule has 1 amide bonds. The number of hydrogen-bond acceptors (Lipinski definition) is 4. The summed E-state index contributed by atoms with van der Waals surface area (Å²) in [6.45, 7) is 1.39. The summed E-state index contributed by atoms with van der Waals surface area (Å²) in [6.07, 6.45) is 2.91. The lowest BCUT2D eigenvalue weighted by atomic mass is 10.1. The van der Waals surface area contributed by atoms with Crippen molar-refractivity contribution < 1.29 is 14.3 Å². The second-order valence-electron chi connectivity index (χ2n) is 4.77. The number of benzene rings is 1. The standard InChI is InChI=1S/C16H14Cl2N2O3/c1-10(13-5-4-12(17)7-14(13)18)20-15(21)9-23-16(22)11-3-2-6-19-8-11/h2-8,10H,9H2,1H3,(H,20,21)/t10-/m0/s1. The van der Waals surface area contributed by atoms with E-state index in [-0.39, 0.29) is 18.2 Å². The third-order valence-electron chi connectivity index (χ3n) is 3.04. The molecule has 1 aromatic heterocycles. The van der Waals surface area contributed by atoms with Crippen LogP contribution in [0.1, 0.15) is 28.9 Å². The predicted octanol–water partition coefficient (Wildman–Crippen LogP) is 3.42. The number of aromatic nitrogens is 1. The summed E-state index contributed by atoms with van der Waals surface area (Å²) < 4.78 is 4.93. The lowest BCUT2D eigenvalue weighted by Gasteiger charge is -2.16. The Morgan fingerprint density at radius 3 is 2.74 bits per heavy atom. The molecule has 0 radical (unpaired) electrons. The van der Waals surface area contributed by atoms with Gasteiger partial charge in [-0.3, -0.25) is 9.78 Å². The summed E-state index contributed by atoms with van der Waals surface area (Å²) >= 11 is 11.9. The lowest BCUT2D eigenvalue weighted by Crippen LogP contribution is -2.31. The molecule has 0 unspecified atom stereocenters. The number of pyridine rings is 1. The molecule has 1 N–H and O–H groups in total. The molecule has 23 heavy (non-hydrogen) atoms. The van der Waals surface area contributed by atoms with Gasteiger partial charge >= 0.3 is 5.97 Å². The van der Waals surface area contributed by atoms with Gasteiger partial charge in [0.25, 0.3) is 5.91 Å². The van der Waals surface area contributed by atoms with Crippen LogP contribution in [0.5, 0.6) is 0 Å². The minimum atomic E-state index is -0.606. The van der Waals surface area contributed by atoms with E-state index in [4.69, 9.17) is 27.9 Å². The van der Waals surface area contributed by atoms with Crippen LogP contribution in [-0.4, -0.2) is 23.5 Å². The topological polar surface area (TPSA) is 68.3 Å². The highest BCUT2D eigenvalue weighted by Gasteiger charge is 2.15. The molecule has 1 atom stereocenters.